The molecule has 1 fully saturated rings. The Morgan fingerprint density at radius 3 is 2.59 bits per heavy atom. The Bertz CT molecular complexity index is 216. The van der Waals surface area contributed by atoms with Crippen LogP contribution in [0.2, 0.25) is 0 Å². The molecule has 1 N–H and O–H groups in total. The molecule has 0 aromatic rings. The van der Waals surface area contributed by atoms with Gasteiger partial charge in [-0.25, -0.2) is 0 Å². The van der Waals surface area contributed by atoms with Crippen molar-refractivity contribution in [2.45, 2.75) is 45.3 Å². The molecule has 1 unspecified atom stereocenters. The van der Waals surface area contributed by atoms with Gasteiger partial charge >= 0.3 is 6.18 Å². The average Bonchev–Trinajstić information content (AvgIpc) is 2.23. The van der Waals surface area contributed by atoms with Gasteiger partial charge in [-0.15, -0.1) is 0 Å². The van der Waals surface area contributed by atoms with Gasteiger partial charge in [-0.3, -0.25) is 0 Å². The maximum Gasteiger partial charge on any atom is 0.389 e. The van der Waals surface area contributed by atoms with Crippen LogP contribution in [-0.2, 0) is 0 Å². The molecule has 0 saturated carbocycles. The minimum absolute atomic E-state index is 0.250. The lowest BCUT2D eigenvalue weighted by molar-refractivity contribution is -0.135. The Morgan fingerprint density at radius 2 is 2.00 bits per heavy atom. The minimum atomic E-state index is -4.00. The number of halogens is 3. The van der Waals surface area contributed by atoms with E-state index in [9.17, 15) is 13.2 Å². The van der Waals surface area contributed by atoms with Gasteiger partial charge in [-0.1, -0.05) is 13.8 Å². The maximum atomic E-state index is 12.0. The highest BCUT2D eigenvalue weighted by atomic mass is 19.4. The van der Waals surface area contributed by atoms with Gasteiger partial charge in [0.1, 0.15) is 0 Å². The van der Waals surface area contributed by atoms with E-state index in [1.165, 1.54) is 0 Å². The standard InChI is InChI=1S/C12H23F3N2/c1-10(2)11-9-17(8-6-16-11)7-4-3-5-12(13,14)15/h10-11,16H,3-9H2,1-2H3. The van der Waals surface area contributed by atoms with E-state index in [1.807, 2.05) is 0 Å². The summed E-state index contributed by atoms with van der Waals surface area (Å²) in [5, 5.41) is 3.44. The molecule has 1 aliphatic rings. The van der Waals surface area contributed by atoms with E-state index in [2.05, 4.69) is 24.1 Å². The van der Waals surface area contributed by atoms with Crippen LogP contribution in [0.5, 0.6) is 0 Å². The Kier molecular flexibility index (Phi) is 5.73. The third kappa shape index (κ3) is 6.27. The van der Waals surface area contributed by atoms with Crippen LogP contribution in [0.25, 0.3) is 0 Å². The molecule has 2 nitrogen and oxygen atoms in total. The summed E-state index contributed by atoms with van der Waals surface area (Å²) < 4.78 is 35.9. The van der Waals surface area contributed by atoms with Gasteiger partial charge in [0, 0.05) is 32.1 Å². The van der Waals surface area contributed by atoms with E-state index in [0.29, 0.717) is 18.4 Å². The van der Waals surface area contributed by atoms with Crippen LogP contribution in [0.1, 0.15) is 33.1 Å². The van der Waals surface area contributed by atoms with E-state index in [0.717, 1.165) is 26.2 Å². The third-order valence-electron chi connectivity index (χ3n) is 3.28. The molecule has 0 aliphatic carbocycles. The van der Waals surface area contributed by atoms with Gasteiger partial charge in [0.25, 0.3) is 0 Å². The van der Waals surface area contributed by atoms with Crippen LogP contribution in [0.15, 0.2) is 0 Å². The van der Waals surface area contributed by atoms with Crippen molar-refractivity contribution in [2.75, 3.05) is 26.2 Å². The van der Waals surface area contributed by atoms with Crippen molar-refractivity contribution >= 4 is 0 Å². The molecule has 0 amide bonds. The van der Waals surface area contributed by atoms with Crippen LogP contribution in [-0.4, -0.2) is 43.3 Å². The highest BCUT2D eigenvalue weighted by molar-refractivity contribution is 4.80. The fraction of sp³-hybridized carbons (Fsp3) is 1.00. The number of alkyl halides is 3. The average molecular weight is 252 g/mol. The number of hydrogen-bond donors (Lipinski definition) is 1. The van der Waals surface area contributed by atoms with Crippen LogP contribution < -0.4 is 5.32 Å². The number of rotatable bonds is 5. The molecule has 1 heterocycles. The molecule has 0 spiro atoms. The van der Waals surface area contributed by atoms with Crippen LogP contribution in [0, 0.1) is 5.92 Å². The van der Waals surface area contributed by atoms with E-state index in [1.54, 1.807) is 0 Å². The summed E-state index contributed by atoms with van der Waals surface area (Å²) in [6.45, 7) is 8.00. The van der Waals surface area contributed by atoms with Gasteiger partial charge < -0.3 is 10.2 Å². The van der Waals surface area contributed by atoms with Gasteiger partial charge in [0.05, 0.1) is 0 Å². The lowest BCUT2D eigenvalue weighted by Crippen LogP contribution is -2.52. The topological polar surface area (TPSA) is 15.3 Å². The molecule has 1 rings (SSSR count). The first-order valence-corrected chi connectivity index (χ1v) is 6.41. The number of piperazine rings is 1. The molecule has 102 valence electrons. The summed E-state index contributed by atoms with van der Waals surface area (Å²) in [4.78, 5) is 2.28. The molecular formula is C12H23F3N2. The summed E-state index contributed by atoms with van der Waals surface area (Å²) in [7, 11) is 0. The van der Waals surface area contributed by atoms with Gasteiger partial charge in [-0.2, -0.15) is 13.2 Å². The minimum Gasteiger partial charge on any atom is -0.311 e. The predicted molar refractivity (Wildman–Crippen MR) is 63.0 cm³/mol. The SMILES string of the molecule is CC(C)C1CN(CCCCC(F)(F)F)CCN1. The molecule has 5 heteroatoms. The van der Waals surface area contributed by atoms with E-state index < -0.39 is 12.6 Å². The highest BCUT2D eigenvalue weighted by Gasteiger charge is 2.26. The molecule has 17 heavy (non-hydrogen) atoms. The largest absolute Gasteiger partial charge is 0.389 e. The first-order chi connectivity index (χ1) is 7.88. The zero-order valence-corrected chi connectivity index (χ0v) is 10.7. The Hall–Kier alpha value is -0.290. The highest BCUT2D eigenvalue weighted by Crippen LogP contribution is 2.22. The molecule has 0 aromatic carbocycles. The van der Waals surface area contributed by atoms with Crippen molar-refractivity contribution in [3.05, 3.63) is 0 Å². The zero-order chi connectivity index (χ0) is 12.9. The molecular weight excluding hydrogens is 229 g/mol. The summed E-state index contributed by atoms with van der Waals surface area (Å²) >= 11 is 0. The molecule has 0 radical (unpaired) electrons. The Balaban J connectivity index is 2.15. The van der Waals surface area contributed by atoms with Crippen molar-refractivity contribution in [1.82, 2.24) is 10.2 Å². The smallest absolute Gasteiger partial charge is 0.311 e. The molecule has 0 bridgehead atoms. The van der Waals surface area contributed by atoms with Crippen molar-refractivity contribution in [3.63, 3.8) is 0 Å². The summed E-state index contributed by atoms with van der Waals surface area (Å²) in [6.07, 6.45) is -3.75. The van der Waals surface area contributed by atoms with Gasteiger partial charge in [0.2, 0.25) is 0 Å². The van der Waals surface area contributed by atoms with Crippen molar-refractivity contribution in [1.29, 1.82) is 0 Å². The first-order valence-electron chi connectivity index (χ1n) is 6.41. The van der Waals surface area contributed by atoms with Gasteiger partial charge in [0.15, 0.2) is 0 Å². The molecule has 1 saturated heterocycles. The number of unbranched alkanes of at least 4 members (excludes halogenated alkanes) is 1. The second-order valence-corrected chi connectivity index (χ2v) is 5.18. The lowest BCUT2D eigenvalue weighted by Gasteiger charge is -2.35. The fourth-order valence-corrected chi connectivity index (χ4v) is 2.15. The summed E-state index contributed by atoms with van der Waals surface area (Å²) in [6, 6.07) is 0.478. The first kappa shape index (κ1) is 14.8. The van der Waals surface area contributed by atoms with Crippen molar-refractivity contribution < 1.29 is 13.2 Å². The van der Waals surface area contributed by atoms with Crippen molar-refractivity contribution in [3.8, 4) is 0 Å². The van der Waals surface area contributed by atoms with E-state index in [-0.39, 0.29) is 6.42 Å². The van der Waals surface area contributed by atoms with E-state index >= 15 is 0 Å². The zero-order valence-electron chi connectivity index (χ0n) is 10.7. The quantitative estimate of drug-likeness (QED) is 0.757. The van der Waals surface area contributed by atoms with Crippen LogP contribution in [0.4, 0.5) is 13.2 Å². The molecule has 1 aliphatic heterocycles. The summed E-state index contributed by atoms with van der Waals surface area (Å²) in [5.41, 5.74) is 0. The number of nitrogens with zero attached hydrogens (tertiary/aromatic N) is 1. The predicted octanol–water partition coefficient (Wildman–Crippen LogP) is 2.65. The number of hydrogen-bond acceptors (Lipinski definition) is 2. The van der Waals surface area contributed by atoms with Crippen molar-refractivity contribution in [2.24, 2.45) is 5.92 Å². The fourth-order valence-electron chi connectivity index (χ4n) is 2.15. The Morgan fingerprint density at radius 1 is 1.29 bits per heavy atom. The van der Waals surface area contributed by atoms with E-state index in [4.69, 9.17) is 0 Å². The normalized spacial score (nSPS) is 23.3. The second-order valence-electron chi connectivity index (χ2n) is 5.18. The van der Waals surface area contributed by atoms with Crippen LogP contribution in [0.3, 0.4) is 0 Å². The monoisotopic (exact) mass is 252 g/mol. The lowest BCUT2D eigenvalue weighted by atomic mass is 10.0. The van der Waals surface area contributed by atoms with Gasteiger partial charge in [-0.05, 0) is 25.3 Å². The number of nitrogens with one attached hydrogen (secondary N) is 1. The second kappa shape index (κ2) is 6.59. The van der Waals surface area contributed by atoms with Crippen LogP contribution >= 0.6 is 0 Å². The maximum absolute atomic E-state index is 12.0. The third-order valence-corrected chi connectivity index (χ3v) is 3.28. The molecule has 0 aromatic heterocycles. The molecule has 1 atom stereocenters. The summed E-state index contributed by atoms with van der Waals surface area (Å²) in [5.74, 6) is 0.577. The Labute approximate surface area is 102 Å².